The van der Waals surface area contributed by atoms with Crippen LogP contribution in [0.15, 0.2) is 48.3 Å². The summed E-state index contributed by atoms with van der Waals surface area (Å²) in [6, 6.07) is 6.93. The molecule has 0 aliphatic heterocycles. The molecule has 0 aliphatic rings. The first-order valence-electron chi connectivity index (χ1n) is 8.64. The van der Waals surface area contributed by atoms with E-state index in [-0.39, 0.29) is 5.75 Å². The maximum Gasteiger partial charge on any atom is 0.117 e. The minimum Gasteiger partial charge on any atom is -0.508 e. The number of nitrogens with one attached hydrogen (secondary N) is 1. The molecule has 6 nitrogen and oxygen atoms in total. The molecule has 8 heteroatoms. The van der Waals surface area contributed by atoms with Crippen molar-refractivity contribution in [2.24, 2.45) is 11.0 Å². The molecule has 0 saturated carbocycles. The third kappa shape index (κ3) is 9.89. The number of hydrazone groups is 1. The molecule has 2 N–H and O–H groups in total. The van der Waals surface area contributed by atoms with Crippen LogP contribution in [0.5, 0.6) is 5.75 Å². The molecule has 0 amide bonds. The van der Waals surface area contributed by atoms with Crippen molar-refractivity contribution >= 4 is 18.3 Å². The smallest absolute Gasteiger partial charge is 0.117 e. The van der Waals surface area contributed by atoms with Gasteiger partial charge in [-0.1, -0.05) is 25.4 Å². The van der Waals surface area contributed by atoms with Crippen LogP contribution >= 0.6 is 11.6 Å². The summed E-state index contributed by atoms with van der Waals surface area (Å²) in [5.41, 5.74) is 1.65. The van der Waals surface area contributed by atoms with Crippen LogP contribution in [0.3, 0.4) is 0 Å². The van der Waals surface area contributed by atoms with Crippen LogP contribution in [0.25, 0.3) is 11.3 Å². The Balaban J connectivity index is 0.000000527. The van der Waals surface area contributed by atoms with E-state index in [2.05, 4.69) is 42.7 Å². The van der Waals surface area contributed by atoms with Gasteiger partial charge in [-0.05, 0) is 49.7 Å². The summed E-state index contributed by atoms with van der Waals surface area (Å²) < 4.78 is 3.50. The average Bonchev–Trinajstić information content (AvgIpc) is 3.09. The second-order valence-corrected chi connectivity index (χ2v) is 8.01. The fourth-order valence-electron chi connectivity index (χ4n) is 2.18. The number of nitrogens with zero attached hydrogens (tertiary/aromatic N) is 4. The third-order valence-corrected chi connectivity index (χ3v) is 4.57. The molecule has 0 radical (unpaired) electrons. The fraction of sp³-hybridized carbons (Fsp3) is 0.368. The summed E-state index contributed by atoms with van der Waals surface area (Å²) >= 11 is 7.36. The molecule has 148 valence electrons. The summed E-state index contributed by atoms with van der Waals surface area (Å²) in [5, 5.41) is 21.5. The zero-order valence-electron chi connectivity index (χ0n) is 15.8. The summed E-state index contributed by atoms with van der Waals surface area (Å²) in [7, 11) is 0. The largest absolute Gasteiger partial charge is 0.508 e. The molecule has 2 rings (SSSR count). The van der Waals surface area contributed by atoms with Crippen LogP contribution < -0.4 is 5.32 Å². The minimum atomic E-state index is 0.157. The van der Waals surface area contributed by atoms with Gasteiger partial charge in [0.15, 0.2) is 0 Å². The number of aromatic hydroxyl groups is 1. The molecule has 0 saturated heterocycles. The number of benzene rings is 1. The van der Waals surface area contributed by atoms with E-state index in [4.69, 9.17) is 11.6 Å². The van der Waals surface area contributed by atoms with Crippen LogP contribution in [0.2, 0.25) is 5.02 Å². The Labute approximate surface area is 182 Å². The molecule has 0 aliphatic carbocycles. The van der Waals surface area contributed by atoms with Crippen molar-refractivity contribution in [2.75, 3.05) is 13.1 Å². The van der Waals surface area contributed by atoms with Gasteiger partial charge in [0, 0.05) is 23.3 Å². The van der Waals surface area contributed by atoms with Crippen molar-refractivity contribution in [3.05, 3.63) is 48.3 Å². The molecular weight excluding hydrogens is 560 g/mol. The van der Waals surface area contributed by atoms with E-state index in [1.54, 1.807) is 21.3 Å². The zero-order valence-corrected chi connectivity index (χ0v) is 19.5. The Bertz CT molecular complexity index is 692. The van der Waals surface area contributed by atoms with Gasteiger partial charge >= 0.3 is 52.6 Å². The second kappa shape index (κ2) is 12.9. The molecule has 1 heterocycles. The monoisotopic (exact) mass is 586 g/mol. The average molecular weight is 587 g/mol. The Kier molecular flexibility index (Phi) is 11.3. The molecular formula is C19H27AtClN5O. The van der Waals surface area contributed by atoms with Crippen molar-refractivity contribution < 1.29 is 30.1 Å². The Morgan fingerprint density at radius 2 is 2.19 bits per heavy atom. The third-order valence-electron chi connectivity index (χ3n) is 3.40. The standard InChI is InChI=1S/C16H22ClN3O.C3H5AtN2/c1-12(2)11-18-5-3-6-20-7-4-16(19-20)13-8-14(17)10-15(21)9-13;1-3-6(4)5-2/h4,7-10,12,18,21H,3,5-6,11H2,1-2H3;3H,1-2H2. The quantitative estimate of drug-likeness (QED) is 0.264. The van der Waals surface area contributed by atoms with Crippen LogP contribution in [0.1, 0.15) is 20.3 Å². The van der Waals surface area contributed by atoms with E-state index in [0.717, 1.165) is 37.3 Å². The van der Waals surface area contributed by atoms with E-state index in [9.17, 15) is 5.11 Å². The van der Waals surface area contributed by atoms with Crippen LogP contribution in [-0.2, 0) is 6.54 Å². The maximum atomic E-state index is 9.58. The fourth-order valence-corrected chi connectivity index (χ4v) is 2.41. The summed E-state index contributed by atoms with van der Waals surface area (Å²) in [5.74, 6) is 0.835. The summed E-state index contributed by atoms with van der Waals surface area (Å²) in [6.07, 6.45) is 4.59. The van der Waals surface area contributed by atoms with Gasteiger partial charge in [0.25, 0.3) is 0 Å². The van der Waals surface area contributed by atoms with Gasteiger partial charge in [0.1, 0.15) is 5.75 Å². The molecule has 1 aromatic carbocycles. The number of hydrogen-bond donors (Lipinski definition) is 2. The van der Waals surface area contributed by atoms with E-state index >= 15 is 0 Å². The normalized spacial score (nSPS) is 10.3. The SMILES string of the molecule is C=CN([At])N=C.CC(C)CNCCCn1ccc(-c2cc(O)cc(Cl)c2)n1. The number of aromatic nitrogens is 2. The first-order chi connectivity index (χ1) is 12.8. The zero-order chi connectivity index (χ0) is 20.2. The Morgan fingerprint density at radius 1 is 1.44 bits per heavy atom. The van der Waals surface area contributed by atoms with Gasteiger partial charge in [0.2, 0.25) is 0 Å². The van der Waals surface area contributed by atoms with Gasteiger partial charge in [-0.25, -0.2) is 0 Å². The second-order valence-electron chi connectivity index (χ2n) is 6.23. The van der Waals surface area contributed by atoms with Crippen molar-refractivity contribution in [2.45, 2.75) is 26.8 Å². The van der Waals surface area contributed by atoms with E-state index in [0.29, 0.717) is 10.9 Å². The number of aryl methyl sites for hydroxylation is 1. The number of hydrogen-bond acceptors (Lipinski definition) is 5. The van der Waals surface area contributed by atoms with E-state index in [1.165, 1.54) is 31.1 Å². The Morgan fingerprint density at radius 3 is 2.74 bits per heavy atom. The van der Waals surface area contributed by atoms with Crippen LogP contribution in [0, 0.1) is 30.9 Å². The first-order valence-corrected chi connectivity index (χ1v) is 10.3. The van der Waals surface area contributed by atoms with Gasteiger partial charge in [0.05, 0.1) is 5.69 Å². The van der Waals surface area contributed by atoms with Crippen LogP contribution in [-0.4, -0.2) is 37.6 Å². The molecule has 0 fully saturated rings. The molecule has 0 atom stereocenters. The number of rotatable bonds is 9. The topological polar surface area (TPSA) is 65.7 Å². The minimum absolute atomic E-state index is 0.157. The van der Waals surface area contributed by atoms with E-state index in [1.807, 2.05) is 16.9 Å². The van der Waals surface area contributed by atoms with Gasteiger partial charge in [-0.2, -0.15) is 5.10 Å². The van der Waals surface area contributed by atoms with E-state index < -0.39 is 0 Å². The maximum absolute atomic E-state index is 9.58. The Hall–Kier alpha value is -1.43. The van der Waals surface area contributed by atoms with Crippen molar-refractivity contribution in [1.82, 2.24) is 18.0 Å². The molecule has 0 bridgehead atoms. The molecule has 27 heavy (non-hydrogen) atoms. The number of phenolic OH excluding ortho intramolecular Hbond substituents is 1. The first kappa shape index (κ1) is 23.6. The number of phenols is 1. The molecule has 1 aromatic heterocycles. The van der Waals surface area contributed by atoms with Crippen molar-refractivity contribution in [3.63, 3.8) is 0 Å². The summed E-state index contributed by atoms with van der Waals surface area (Å²) in [6.45, 7) is 14.0. The summed E-state index contributed by atoms with van der Waals surface area (Å²) in [4.78, 5) is 0. The molecule has 2 aromatic rings. The van der Waals surface area contributed by atoms with Crippen molar-refractivity contribution in [3.8, 4) is 17.0 Å². The molecule has 0 spiro atoms. The van der Waals surface area contributed by atoms with Crippen LogP contribution in [0.4, 0.5) is 0 Å². The number of halogens is 1. The van der Waals surface area contributed by atoms with Gasteiger partial charge in [-0.3, -0.25) is 4.68 Å². The van der Waals surface area contributed by atoms with Crippen molar-refractivity contribution in [1.29, 1.82) is 0 Å². The molecule has 0 unspecified atom stereocenters. The van der Waals surface area contributed by atoms with Gasteiger partial charge < -0.3 is 10.4 Å². The van der Waals surface area contributed by atoms with Gasteiger partial charge in [-0.15, -0.1) is 0 Å². The predicted molar refractivity (Wildman–Crippen MR) is 108 cm³/mol. The predicted octanol–water partition coefficient (Wildman–Crippen LogP) is 4.06.